The zero-order valence-electron chi connectivity index (χ0n) is 15.4. The number of rotatable bonds is 5. The molecule has 0 aliphatic carbocycles. The van der Waals surface area contributed by atoms with Crippen LogP contribution in [0.15, 0.2) is 65.4 Å². The maximum atomic E-state index is 12.9. The summed E-state index contributed by atoms with van der Waals surface area (Å²) in [6.07, 6.45) is 1.75. The molecule has 142 valence electrons. The summed E-state index contributed by atoms with van der Waals surface area (Å²) in [7, 11) is 1.97. The molecule has 0 radical (unpaired) electrons. The van der Waals surface area contributed by atoms with Crippen molar-refractivity contribution in [1.29, 1.82) is 0 Å². The largest absolute Gasteiger partial charge is 0.380 e. The average molecular weight is 438 g/mol. The van der Waals surface area contributed by atoms with Gasteiger partial charge in [-0.15, -0.1) is 0 Å². The monoisotopic (exact) mass is 437 g/mol. The van der Waals surface area contributed by atoms with Crippen LogP contribution in [0.3, 0.4) is 0 Å². The highest BCUT2D eigenvalue weighted by Gasteiger charge is 2.17. The van der Waals surface area contributed by atoms with Crippen LogP contribution in [0.2, 0.25) is 0 Å². The minimum atomic E-state index is -0.146. The summed E-state index contributed by atoms with van der Waals surface area (Å²) in [5.74, 6) is -0.146. The molecular weight excluding hydrogens is 418 g/mol. The number of carbonyl (C=O) groups excluding carboxylic acids is 1. The fourth-order valence-electron chi connectivity index (χ4n) is 3.18. The number of anilines is 3. The average Bonchev–Trinajstić information content (AvgIpc) is 3.07. The molecule has 0 saturated carbocycles. The lowest BCUT2D eigenvalue weighted by Gasteiger charge is -2.15. The minimum Gasteiger partial charge on any atom is -0.380 e. The fourth-order valence-corrected chi connectivity index (χ4v) is 3.59. The van der Waals surface area contributed by atoms with Gasteiger partial charge in [-0.3, -0.25) is 4.79 Å². The van der Waals surface area contributed by atoms with E-state index >= 15 is 0 Å². The Labute approximate surface area is 172 Å². The number of hydrogen-bond donors (Lipinski definition) is 3. The third-order valence-corrected chi connectivity index (χ3v) is 5.09. The van der Waals surface area contributed by atoms with Crippen LogP contribution in [0.5, 0.6) is 0 Å². The highest BCUT2D eigenvalue weighted by molar-refractivity contribution is 9.10. The van der Waals surface area contributed by atoms with Gasteiger partial charge in [-0.2, -0.15) is 0 Å². The van der Waals surface area contributed by atoms with Gasteiger partial charge >= 0.3 is 0 Å². The lowest BCUT2D eigenvalue weighted by Crippen LogP contribution is -2.26. The van der Waals surface area contributed by atoms with Crippen LogP contribution in [-0.2, 0) is 13.1 Å². The van der Waals surface area contributed by atoms with Gasteiger partial charge in [0.05, 0.1) is 11.3 Å². The van der Waals surface area contributed by atoms with E-state index < -0.39 is 0 Å². The van der Waals surface area contributed by atoms with Gasteiger partial charge in [-0.25, -0.2) is 10.4 Å². The zero-order valence-corrected chi connectivity index (χ0v) is 17.0. The predicted molar refractivity (Wildman–Crippen MR) is 115 cm³/mol. The van der Waals surface area contributed by atoms with Gasteiger partial charge in [0.2, 0.25) is 0 Å². The molecule has 1 aliphatic heterocycles. The number of fused-ring (bicyclic) bond motifs is 1. The van der Waals surface area contributed by atoms with E-state index in [1.807, 2.05) is 66.7 Å². The van der Waals surface area contributed by atoms with Crippen LogP contribution in [0, 0.1) is 0 Å². The summed E-state index contributed by atoms with van der Waals surface area (Å²) in [6.45, 7) is 1.40. The molecule has 1 amide bonds. The van der Waals surface area contributed by atoms with Crippen molar-refractivity contribution < 1.29 is 4.79 Å². The normalized spacial score (nSPS) is 12.6. The number of pyridine rings is 1. The Morgan fingerprint density at radius 3 is 2.93 bits per heavy atom. The van der Waals surface area contributed by atoms with E-state index in [9.17, 15) is 4.79 Å². The van der Waals surface area contributed by atoms with Crippen LogP contribution in [-0.4, -0.2) is 17.9 Å². The third-order valence-electron chi connectivity index (χ3n) is 4.66. The number of hydrogen-bond acceptors (Lipinski definition) is 5. The summed E-state index contributed by atoms with van der Waals surface area (Å²) in [5.41, 5.74) is 8.77. The number of aromatic nitrogens is 1. The van der Waals surface area contributed by atoms with Crippen molar-refractivity contribution in [3.05, 3.63) is 82.1 Å². The van der Waals surface area contributed by atoms with E-state index in [1.54, 1.807) is 6.20 Å². The lowest BCUT2D eigenvalue weighted by molar-refractivity contribution is 0.102. The Bertz CT molecular complexity index is 1020. The van der Waals surface area contributed by atoms with Crippen LogP contribution in [0.1, 0.15) is 21.5 Å². The highest BCUT2D eigenvalue weighted by Crippen LogP contribution is 2.28. The summed E-state index contributed by atoms with van der Waals surface area (Å²) < 4.78 is 0.786. The van der Waals surface area contributed by atoms with E-state index in [0.29, 0.717) is 12.1 Å². The maximum absolute atomic E-state index is 12.9. The SMILES string of the molecule is CN1NCc2ccc(NC(=O)c3ccccc3NCc3ccnc(Br)c3)cc21. The van der Waals surface area contributed by atoms with Gasteiger partial charge in [-0.05, 0) is 63.5 Å². The van der Waals surface area contributed by atoms with Gasteiger partial charge in [0, 0.05) is 37.7 Å². The van der Waals surface area contributed by atoms with Crippen LogP contribution in [0.4, 0.5) is 17.1 Å². The van der Waals surface area contributed by atoms with Crippen molar-refractivity contribution in [2.75, 3.05) is 22.7 Å². The molecular formula is C21H20BrN5O. The number of para-hydroxylation sites is 1. The van der Waals surface area contributed by atoms with E-state index in [4.69, 9.17) is 0 Å². The molecule has 1 aliphatic rings. The number of carbonyl (C=O) groups is 1. The molecule has 1 aromatic heterocycles. The molecule has 3 aromatic rings. The standard InChI is InChI=1S/C21H20BrN5O/c1-27-19-11-16(7-6-15(19)13-25-27)26-21(28)17-4-2-3-5-18(17)24-12-14-8-9-23-20(22)10-14/h2-11,24-25H,12-13H2,1H3,(H,26,28). The van der Waals surface area contributed by atoms with Crippen LogP contribution in [0.25, 0.3) is 0 Å². The Morgan fingerprint density at radius 2 is 2.07 bits per heavy atom. The minimum absolute atomic E-state index is 0.146. The van der Waals surface area contributed by atoms with E-state index in [0.717, 1.165) is 33.8 Å². The van der Waals surface area contributed by atoms with Crippen molar-refractivity contribution >= 4 is 38.9 Å². The van der Waals surface area contributed by atoms with E-state index in [2.05, 4.69) is 37.0 Å². The van der Waals surface area contributed by atoms with Gasteiger partial charge in [0.1, 0.15) is 4.60 Å². The number of hydrazine groups is 1. The van der Waals surface area contributed by atoms with Crippen molar-refractivity contribution in [2.24, 2.45) is 0 Å². The number of amides is 1. The number of benzene rings is 2. The van der Waals surface area contributed by atoms with Gasteiger partial charge in [0.25, 0.3) is 5.91 Å². The van der Waals surface area contributed by atoms with E-state index in [-0.39, 0.29) is 5.91 Å². The molecule has 7 heteroatoms. The number of nitrogens with zero attached hydrogens (tertiary/aromatic N) is 2. The summed E-state index contributed by atoms with van der Waals surface area (Å²) in [5, 5.41) is 8.32. The Balaban J connectivity index is 1.50. The van der Waals surface area contributed by atoms with Crippen molar-refractivity contribution in [3.63, 3.8) is 0 Å². The number of halogens is 1. The molecule has 28 heavy (non-hydrogen) atoms. The highest BCUT2D eigenvalue weighted by atomic mass is 79.9. The zero-order chi connectivity index (χ0) is 19.5. The quantitative estimate of drug-likeness (QED) is 0.522. The fraction of sp³-hybridized carbons (Fsp3) is 0.143. The van der Waals surface area contributed by atoms with Crippen molar-refractivity contribution in [1.82, 2.24) is 10.4 Å². The summed E-state index contributed by atoms with van der Waals surface area (Å²) in [6, 6.07) is 17.3. The Kier molecular flexibility index (Phi) is 5.27. The molecule has 4 rings (SSSR count). The van der Waals surface area contributed by atoms with E-state index in [1.165, 1.54) is 5.56 Å². The Morgan fingerprint density at radius 1 is 1.21 bits per heavy atom. The third kappa shape index (κ3) is 4.00. The smallest absolute Gasteiger partial charge is 0.257 e. The Hall–Kier alpha value is -2.90. The molecule has 0 bridgehead atoms. The molecule has 6 nitrogen and oxygen atoms in total. The maximum Gasteiger partial charge on any atom is 0.257 e. The van der Waals surface area contributed by atoms with Crippen LogP contribution < -0.4 is 21.1 Å². The topological polar surface area (TPSA) is 69.3 Å². The molecule has 2 aromatic carbocycles. The first-order valence-corrected chi connectivity index (χ1v) is 9.74. The first-order valence-electron chi connectivity index (χ1n) is 8.95. The molecule has 0 unspecified atom stereocenters. The lowest BCUT2D eigenvalue weighted by atomic mass is 10.1. The van der Waals surface area contributed by atoms with Gasteiger partial charge in [-0.1, -0.05) is 18.2 Å². The molecule has 2 heterocycles. The summed E-state index contributed by atoms with van der Waals surface area (Å²) in [4.78, 5) is 17.0. The molecule has 0 saturated heterocycles. The second-order valence-electron chi connectivity index (χ2n) is 6.58. The first-order chi connectivity index (χ1) is 13.6. The molecule has 0 atom stereocenters. The van der Waals surface area contributed by atoms with Crippen LogP contribution >= 0.6 is 15.9 Å². The predicted octanol–water partition coefficient (Wildman–Crippen LogP) is 4.16. The number of nitrogens with one attached hydrogen (secondary N) is 3. The molecule has 3 N–H and O–H groups in total. The van der Waals surface area contributed by atoms with Gasteiger partial charge in [0.15, 0.2) is 0 Å². The second-order valence-corrected chi connectivity index (χ2v) is 7.39. The second kappa shape index (κ2) is 8.00. The molecule has 0 spiro atoms. The molecule has 0 fully saturated rings. The van der Waals surface area contributed by atoms with Crippen molar-refractivity contribution in [3.8, 4) is 0 Å². The van der Waals surface area contributed by atoms with Crippen molar-refractivity contribution in [2.45, 2.75) is 13.1 Å². The van der Waals surface area contributed by atoms with Gasteiger partial charge < -0.3 is 15.6 Å². The first kappa shape index (κ1) is 18.5. The summed E-state index contributed by atoms with van der Waals surface area (Å²) >= 11 is 3.38.